The van der Waals surface area contributed by atoms with Crippen LogP contribution in [0.3, 0.4) is 0 Å². The number of hydrogen-bond donors (Lipinski definition) is 1. The molecule has 132 valence electrons. The van der Waals surface area contributed by atoms with Crippen LogP contribution in [0.25, 0.3) is 0 Å². The van der Waals surface area contributed by atoms with Gasteiger partial charge in [0.05, 0.1) is 28.3 Å². The first-order valence-corrected chi connectivity index (χ1v) is 9.23. The van der Waals surface area contributed by atoms with E-state index in [1.54, 1.807) is 36.5 Å². The van der Waals surface area contributed by atoms with Crippen molar-refractivity contribution >= 4 is 63.2 Å². The van der Waals surface area contributed by atoms with Crippen molar-refractivity contribution in [3.05, 3.63) is 69.7 Å². The lowest BCUT2D eigenvalue weighted by Gasteiger charge is -2.18. The lowest BCUT2D eigenvalue weighted by Crippen LogP contribution is -2.22. The highest BCUT2D eigenvalue weighted by Crippen LogP contribution is 2.30. The highest BCUT2D eigenvalue weighted by atomic mass is 35.5. The smallest absolute Gasteiger partial charge is 0.230 e. The van der Waals surface area contributed by atoms with Crippen LogP contribution in [0.4, 0.5) is 16.5 Å². The van der Waals surface area contributed by atoms with Gasteiger partial charge in [-0.15, -0.1) is 11.3 Å². The molecule has 0 bridgehead atoms. The number of anilines is 3. The second-order valence-electron chi connectivity index (χ2n) is 5.24. The molecule has 0 aliphatic carbocycles. The first-order valence-electron chi connectivity index (χ1n) is 7.60. The van der Waals surface area contributed by atoms with Gasteiger partial charge < -0.3 is 0 Å². The number of thiazole rings is 1. The van der Waals surface area contributed by atoms with Gasteiger partial charge in [-0.05, 0) is 30.3 Å². The largest absolute Gasteiger partial charge is 0.277 e. The Morgan fingerprint density at radius 2 is 2.04 bits per heavy atom. The third-order valence-electron chi connectivity index (χ3n) is 3.34. The fourth-order valence-corrected chi connectivity index (χ4v) is 3.40. The van der Waals surface area contributed by atoms with Crippen molar-refractivity contribution in [2.24, 2.45) is 5.10 Å². The summed E-state index contributed by atoms with van der Waals surface area (Å²) in [5.74, 6) is -0.153. The zero-order valence-electron chi connectivity index (χ0n) is 13.7. The summed E-state index contributed by atoms with van der Waals surface area (Å²) in [4.78, 5) is 18.0. The summed E-state index contributed by atoms with van der Waals surface area (Å²) in [7, 11) is 0. The van der Waals surface area contributed by atoms with Crippen molar-refractivity contribution < 1.29 is 4.79 Å². The molecule has 2 aromatic carbocycles. The van der Waals surface area contributed by atoms with Crippen molar-refractivity contribution in [1.82, 2.24) is 4.98 Å². The van der Waals surface area contributed by atoms with Gasteiger partial charge in [-0.1, -0.05) is 41.4 Å². The number of halogens is 2. The van der Waals surface area contributed by atoms with Gasteiger partial charge in [0, 0.05) is 17.3 Å². The molecule has 0 aliphatic heterocycles. The van der Waals surface area contributed by atoms with Gasteiger partial charge >= 0.3 is 0 Å². The maximum atomic E-state index is 12.1. The lowest BCUT2D eigenvalue weighted by molar-refractivity contribution is -0.115. The van der Waals surface area contributed by atoms with E-state index in [1.165, 1.54) is 23.2 Å². The third-order valence-corrected chi connectivity index (χ3v) is 4.75. The SMILES string of the molecule is CC(=O)N(c1cccc(Cl)c1)c1nc(/C=N\Nc2ccccc2Cl)cs1. The van der Waals surface area contributed by atoms with Crippen LogP contribution < -0.4 is 10.3 Å². The molecule has 26 heavy (non-hydrogen) atoms. The number of nitrogens with one attached hydrogen (secondary N) is 1. The molecule has 8 heteroatoms. The summed E-state index contributed by atoms with van der Waals surface area (Å²) in [5.41, 5.74) is 4.85. The van der Waals surface area contributed by atoms with Crippen LogP contribution in [0.15, 0.2) is 59.0 Å². The number of carbonyl (C=O) groups excluding carboxylic acids is 1. The lowest BCUT2D eigenvalue weighted by atomic mass is 10.3. The highest BCUT2D eigenvalue weighted by molar-refractivity contribution is 7.14. The number of hydrazone groups is 1. The molecule has 0 spiro atoms. The second kappa shape index (κ2) is 8.31. The second-order valence-corrected chi connectivity index (χ2v) is 6.92. The van der Waals surface area contributed by atoms with E-state index in [2.05, 4.69) is 15.5 Å². The quantitative estimate of drug-likeness (QED) is 0.445. The molecular formula is C18H14Cl2N4OS. The fourth-order valence-electron chi connectivity index (χ4n) is 2.20. The van der Waals surface area contributed by atoms with Crippen LogP contribution in [0.5, 0.6) is 0 Å². The molecule has 1 heterocycles. The van der Waals surface area contributed by atoms with E-state index in [1.807, 2.05) is 23.6 Å². The van der Waals surface area contributed by atoms with E-state index in [0.717, 1.165) is 0 Å². The monoisotopic (exact) mass is 404 g/mol. The van der Waals surface area contributed by atoms with Crippen LogP contribution in [0, 0.1) is 0 Å². The maximum absolute atomic E-state index is 12.1. The Balaban J connectivity index is 1.78. The van der Waals surface area contributed by atoms with Crippen LogP contribution in [-0.2, 0) is 4.79 Å². The molecule has 0 saturated carbocycles. The molecular weight excluding hydrogens is 391 g/mol. The van der Waals surface area contributed by atoms with Crippen molar-refractivity contribution in [1.29, 1.82) is 0 Å². The Hall–Kier alpha value is -2.41. The molecule has 0 unspecified atom stereocenters. The topological polar surface area (TPSA) is 57.6 Å². The number of rotatable bonds is 5. The third kappa shape index (κ3) is 4.40. The molecule has 1 N–H and O–H groups in total. The van der Waals surface area contributed by atoms with E-state index in [4.69, 9.17) is 23.2 Å². The standard InChI is InChI=1S/C18H14Cl2N4OS/c1-12(25)24(15-6-4-5-13(19)9-15)18-22-14(11-26-18)10-21-23-17-8-3-2-7-16(17)20/h2-11,23H,1H3/b21-10-. The Labute approximate surface area is 164 Å². The van der Waals surface area contributed by atoms with Crippen molar-refractivity contribution in [2.75, 3.05) is 10.3 Å². The molecule has 1 aromatic heterocycles. The summed E-state index contributed by atoms with van der Waals surface area (Å²) in [6.07, 6.45) is 1.57. The Bertz CT molecular complexity index is 958. The van der Waals surface area contributed by atoms with Gasteiger partial charge in [-0.3, -0.25) is 15.1 Å². The number of nitrogens with zero attached hydrogens (tertiary/aromatic N) is 3. The molecule has 0 radical (unpaired) electrons. The van der Waals surface area contributed by atoms with Crippen LogP contribution in [0.2, 0.25) is 10.0 Å². The molecule has 3 rings (SSSR count). The maximum Gasteiger partial charge on any atom is 0.230 e. The molecule has 0 atom stereocenters. The Morgan fingerprint density at radius 1 is 1.23 bits per heavy atom. The number of benzene rings is 2. The predicted molar refractivity (Wildman–Crippen MR) is 109 cm³/mol. The predicted octanol–water partition coefficient (Wildman–Crippen LogP) is 5.58. The van der Waals surface area contributed by atoms with Gasteiger partial charge in [0.25, 0.3) is 0 Å². The van der Waals surface area contributed by atoms with Gasteiger partial charge in [-0.25, -0.2) is 4.98 Å². The van der Waals surface area contributed by atoms with Gasteiger partial charge in [-0.2, -0.15) is 5.10 Å². The van der Waals surface area contributed by atoms with E-state index in [9.17, 15) is 4.79 Å². The zero-order chi connectivity index (χ0) is 18.5. The average molecular weight is 405 g/mol. The van der Waals surface area contributed by atoms with E-state index < -0.39 is 0 Å². The summed E-state index contributed by atoms with van der Waals surface area (Å²) in [6, 6.07) is 14.4. The number of amides is 1. The number of carbonyl (C=O) groups is 1. The van der Waals surface area contributed by atoms with Crippen molar-refractivity contribution in [3.63, 3.8) is 0 Å². The highest BCUT2D eigenvalue weighted by Gasteiger charge is 2.17. The summed E-state index contributed by atoms with van der Waals surface area (Å²) in [6.45, 7) is 1.48. The number of aromatic nitrogens is 1. The number of para-hydroxylation sites is 1. The average Bonchev–Trinajstić information content (AvgIpc) is 3.05. The normalized spacial score (nSPS) is 10.9. The van der Waals surface area contributed by atoms with E-state index in [0.29, 0.717) is 32.2 Å². The minimum absolute atomic E-state index is 0.153. The number of hydrogen-bond acceptors (Lipinski definition) is 5. The first-order chi connectivity index (χ1) is 12.5. The summed E-state index contributed by atoms with van der Waals surface area (Å²) >= 11 is 13.4. The minimum atomic E-state index is -0.153. The molecule has 5 nitrogen and oxygen atoms in total. The van der Waals surface area contributed by atoms with Crippen molar-refractivity contribution in [2.45, 2.75) is 6.92 Å². The molecule has 1 amide bonds. The van der Waals surface area contributed by atoms with Crippen molar-refractivity contribution in [3.8, 4) is 0 Å². The molecule has 0 fully saturated rings. The van der Waals surface area contributed by atoms with Gasteiger partial charge in [0.2, 0.25) is 5.91 Å². The molecule has 0 saturated heterocycles. The van der Waals surface area contributed by atoms with E-state index in [-0.39, 0.29) is 5.91 Å². The first kappa shape index (κ1) is 18.4. The van der Waals surface area contributed by atoms with Crippen LogP contribution >= 0.6 is 34.5 Å². The summed E-state index contributed by atoms with van der Waals surface area (Å²) in [5, 5.41) is 7.62. The van der Waals surface area contributed by atoms with E-state index >= 15 is 0 Å². The Kier molecular flexibility index (Phi) is 5.88. The molecule has 3 aromatic rings. The minimum Gasteiger partial charge on any atom is -0.277 e. The van der Waals surface area contributed by atoms with Gasteiger partial charge in [0.15, 0.2) is 5.13 Å². The van der Waals surface area contributed by atoms with Gasteiger partial charge in [0.1, 0.15) is 0 Å². The Morgan fingerprint density at radius 3 is 2.77 bits per heavy atom. The molecule has 0 aliphatic rings. The summed E-state index contributed by atoms with van der Waals surface area (Å²) < 4.78 is 0. The zero-order valence-corrected chi connectivity index (χ0v) is 16.0. The fraction of sp³-hybridized carbons (Fsp3) is 0.0556. The van der Waals surface area contributed by atoms with Crippen LogP contribution in [0.1, 0.15) is 12.6 Å². The van der Waals surface area contributed by atoms with Crippen LogP contribution in [-0.4, -0.2) is 17.1 Å².